The van der Waals surface area contributed by atoms with Crippen LogP contribution in [0.15, 0.2) is 63.2 Å². The normalized spacial score (nSPS) is 12.2. The first-order chi connectivity index (χ1) is 16.1. The summed E-state index contributed by atoms with van der Waals surface area (Å²) in [5.74, 6) is -0.0871. The number of hydrogen-bond donors (Lipinski definition) is 1. The molecule has 0 aliphatic heterocycles. The Morgan fingerprint density at radius 3 is 2.76 bits per heavy atom. The zero-order valence-corrected chi connectivity index (χ0v) is 20.9. The van der Waals surface area contributed by atoms with Gasteiger partial charge in [0.2, 0.25) is 5.91 Å². The number of nitrogens with zero attached hydrogens (tertiary/aromatic N) is 2. The number of para-hydroxylation sites is 1. The van der Waals surface area contributed by atoms with Gasteiger partial charge < -0.3 is 10.1 Å². The van der Waals surface area contributed by atoms with E-state index in [2.05, 4.69) is 5.32 Å². The lowest BCUT2D eigenvalue weighted by Gasteiger charge is -2.16. The van der Waals surface area contributed by atoms with Gasteiger partial charge >= 0.3 is 0 Å². The van der Waals surface area contributed by atoms with E-state index in [0.29, 0.717) is 35.1 Å². The van der Waals surface area contributed by atoms with E-state index in [4.69, 9.17) is 9.72 Å². The molecule has 172 valence electrons. The van der Waals surface area contributed by atoms with Crippen molar-refractivity contribution in [3.63, 3.8) is 0 Å². The van der Waals surface area contributed by atoms with Gasteiger partial charge in [-0.2, -0.15) is 0 Å². The van der Waals surface area contributed by atoms with Crippen LogP contribution in [0, 0.1) is 0 Å². The van der Waals surface area contributed by atoms with Crippen LogP contribution in [0.5, 0.6) is 0 Å². The van der Waals surface area contributed by atoms with Crippen molar-refractivity contribution in [3.8, 4) is 16.1 Å². The number of ether oxygens (including phenoxy) is 1. The van der Waals surface area contributed by atoms with Gasteiger partial charge in [0.15, 0.2) is 5.16 Å². The van der Waals surface area contributed by atoms with Crippen molar-refractivity contribution in [2.45, 2.75) is 30.7 Å². The molecule has 4 rings (SSSR count). The molecule has 0 fully saturated rings. The van der Waals surface area contributed by atoms with E-state index in [9.17, 15) is 9.59 Å². The molecule has 3 aromatic heterocycles. The van der Waals surface area contributed by atoms with E-state index >= 15 is 0 Å². The van der Waals surface area contributed by atoms with Crippen LogP contribution in [0.25, 0.3) is 26.3 Å². The second-order valence-corrected chi connectivity index (χ2v) is 10.4. The molecule has 1 atom stereocenters. The van der Waals surface area contributed by atoms with Gasteiger partial charge in [-0.15, -0.1) is 22.7 Å². The van der Waals surface area contributed by atoms with Gasteiger partial charge in [0.05, 0.1) is 16.3 Å². The number of hydrogen-bond acceptors (Lipinski definition) is 7. The highest BCUT2D eigenvalue weighted by atomic mass is 32.2. The predicted molar refractivity (Wildman–Crippen MR) is 138 cm³/mol. The van der Waals surface area contributed by atoms with Crippen LogP contribution in [0.4, 0.5) is 0 Å². The number of amides is 1. The number of thiophene rings is 2. The minimum atomic E-state index is -0.409. The summed E-state index contributed by atoms with van der Waals surface area (Å²) in [6.45, 7) is 5.62. The molecule has 1 aromatic carbocycles. The average Bonchev–Trinajstić information content (AvgIpc) is 3.49. The highest BCUT2D eigenvalue weighted by Gasteiger charge is 2.22. The third-order valence-electron chi connectivity index (χ3n) is 5.00. The summed E-state index contributed by atoms with van der Waals surface area (Å²) in [4.78, 5) is 33.0. The van der Waals surface area contributed by atoms with E-state index in [-0.39, 0.29) is 11.5 Å². The van der Waals surface area contributed by atoms with Gasteiger partial charge in [-0.3, -0.25) is 14.2 Å². The highest BCUT2D eigenvalue weighted by molar-refractivity contribution is 8.00. The van der Waals surface area contributed by atoms with Gasteiger partial charge in [0.25, 0.3) is 5.56 Å². The van der Waals surface area contributed by atoms with Crippen molar-refractivity contribution >= 4 is 50.6 Å². The zero-order chi connectivity index (χ0) is 23.2. The van der Waals surface area contributed by atoms with Crippen LogP contribution in [0.1, 0.15) is 20.3 Å². The van der Waals surface area contributed by atoms with E-state index < -0.39 is 5.25 Å². The van der Waals surface area contributed by atoms with Crippen LogP contribution in [-0.4, -0.2) is 40.5 Å². The Labute approximate surface area is 204 Å². The fourth-order valence-electron chi connectivity index (χ4n) is 3.35. The predicted octanol–water partition coefficient (Wildman–Crippen LogP) is 5.20. The van der Waals surface area contributed by atoms with Crippen molar-refractivity contribution in [1.82, 2.24) is 14.9 Å². The molecule has 1 amide bonds. The Balaban J connectivity index is 1.68. The van der Waals surface area contributed by atoms with Gasteiger partial charge in [-0.1, -0.05) is 36.0 Å². The summed E-state index contributed by atoms with van der Waals surface area (Å²) < 4.78 is 6.94. The Kier molecular flexibility index (Phi) is 7.97. The van der Waals surface area contributed by atoms with Crippen LogP contribution in [-0.2, 0) is 9.53 Å². The summed E-state index contributed by atoms with van der Waals surface area (Å²) in [5, 5.41) is 7.65. The minimum absolute atomic E-state index is 0.0871. The first-order valence-electron chi connectivity index (χ1n) is 10.8. The summed E-state index contributed by atoms with van der Waals surface area (Å²) in [7, 11) is 0. The molecule has 0 spiro atoms. The molecule has 6 nitrogen and oxygen atoms in total. The molecule has 0 saturated carbocycles. The molecule has 1 unspecified atom stereocenters. The molecular weight excluding hydrogens is 474 g/mol. The lowest BCUT2D eigenvalue weighted by Crippen LogP contribution is -2.33. The first-order valence-corrected chi connectivity index (χ1v) is 13.4. The fourth-order valence-corrected chi connectivity index (χ4v) is 6.11. The summed E-state index contributed by atoms with van der Waals surface area (Å²) >= 11 is 4.35. The molecule has 9 heteroatoms. The van der Waals surface area contributed by atoms with Gasteiger partial charge in [-0.25, -0.2) is 4.98 Å². The number of nitrogens with one attached hydrogen (secondary N) is 1. The first kappa shape index (κ1) is 23.7. The van der Waals surface area contributed by atoms with Gasteiger partial charge in [0, 0.05) is 35.6 Å². The molecule has 0 bridgehead atoms. The molecule has 0 aliphatic rings. The van der Waals surface area contributed by atoms with E-state index in [0.717, 1.165) is 22.5 Å². The van der Waals surface area contributed by atoms with Crippen molar-refractivity contribution in [2.24, 2.45) is 0 Å². The number of thioether (sulfide) groups is 1. The van der Waals surface area contributed by atoms with E-state index in [1.54, 1.807) is 15.9 Å². The summed E-state index contributed by atoms with van der Waals surface area (Å²) in [6, 6.07) is 13.5. The lowest BCUT2D eigenvalue weighted by molar-refractivity contribution is -0.120. The molecular formula is C24H25N3O3S3. The number of carbonyl (C=O) groups is 1. The van der Waals surface area contributed by atoms with Crippen molar-refractivity contribution in [2.75, 3.05) is 19.8 Å². The third-order valence-corrected chi connectivity index (χ3v) is 7.83. The van der Waals surface area contributed by atoms with Gasteiger partial charge in [-0.05, 0) is 43.8 Å². The number of fused-ring (bicyclic) bond motifs is 1. The molecule has 33 heavy (non-hydrogen) atoms. The van der Waals surface area contributed by atoms with Crippen LogP contribution < -0.4 is 10.9 Å². The maximum Gasteiger partial charge on any atom is 0.268 e. The van der Waals surface area contributed by atoms with E-state index in [1.807, 2.05) is 67.1 Å². The molecule has 3 heterocycles. The zero-order valence-electron chi connectivity index (χ0n) is 18.4. The van der Waals surface area contributed by atoms with Crippen molar-refractivity contribution in [3.05, 3.63) is 63.6 Å². The molecule has 0 radical (unpaired) electrons. The van der Waals surface area contributed by atoms with Crippen LogP contribution >= 0.6 is 34.4 Å². The minimum Gasteiger partial charge on any atom is -0.382 e. The summed E-state index contributed by atoms with van der Waals surface area (Å²) in [6.07, 6.45) is 0.761. The second kappa shape index (κ2) is 11.1. The van der Waals surface area contributed by atoms with Gasteiger partial charge in [0.1, 0.15) is 4.83 Å². The van der Waals surface area contributed by atoms with Crippen LogP contribution in [0.3, 0.4) is 0 Å². The molecule has 4 aromatic rings. The van der Waals surface area contributed by atoms with Crippen molar-refractivity contribution < 1.29 is 9.53 Å². The lowest BCUT2D eigenvalue weighted by atomic mass is 10.2. The van der Waals surface area contributed by atoms with E-state index in [1.165, 1.54) is 23.1 Å². The summed E-state index contributed by atoms with van der Waals surface area (Å²) in [5.41, 5.74) is 1.51. The third kappa shape index (κ3) is 5.38. The largest absolute Gasteiger partial charge is 0.382 e. The Bertz CT molecular complexity index is 1270. The Hall–Kier alpha value is -2.46. The molecule has 1 N–H and O–H groups in total. The number of rotatable bonds is 10. The monoisotopic (exact) mass is 499 g/mol. The maximum atomic E-state index is 13.8. The second-order valence-electron chi connectivity index (χ2n) is 7.28. The number of benzene rings is 1. The fraction of sp³-hybridized carbons (Fsp3) is 0.292. The SMILES string of the molecule is CCOCCCNC(=O)C(C)Sc1nc2scc(-c3cccs3)c2c(=O)n1-c1ccccc1. The Morgan fingerprint density at radius 1 is 1.21 bits per heavy atom. The maximum absolute atomic E-state index is 13.8. The average molecular weight is 500 g/mol. The smallest absolute Gasteiger partial charge is 0.268 e. The standard InChI is InChI=1S/C24H25N3O3S3/c1-3-30-13-8-12-25-21(28)16(2)33-24-26-22-20(18(15-32-22)19-11-7-14-31-19)23(29)27(24)17-9-5-4-6-10-17/h4-7,9-11,14-16H,3,8,12-13H2,1-2H3,(H,25,28). The van der Waals surface area contributed by atoms with Crippen LogP contribution in [0.2, 0.25) is 0 Å². The van der Waals surface area contributed by atoms with Crippen molar-refractivity contribution in [1.29, 1.82) is 0 Å². The quantitative estimate of drug-likeness (QED) is 0.184. The number of carbonyl (C=O) groups excluding carboxylic acids is 1. The molecule has 0 aliphatic carbocycles. The molecule has 0 saturated heterocycles. The highest BCUT2D eigenvalue weighted by Crippen LogP contribution is 2.35. The number of aromatic nitrogens is 2. The Morgan fingerprint density at radius 2 is 2.03 bits per heavy atom. The topological polar surface area (TPSA) is 73.2 Å².